The number of para-hydroxylation sites is 2. The van der Waals surface area contributed by atoms with E-state index in [-0.39, 0.29) is 12.4 Å². The fraction of sp³-hybridized carbons (Fsp3) is 0.120. The van der Waals surface area contributed by atoms with Crippen molar-refractivity contribution in [1.29, 1.82) is 0 Å². The van der Waals surface area contributed by atoms with E-state index in [1.54, 1.807) is 37.3 Å². The molecule has 0 aliphatic carbocycles. The summed E-state index contributed by atoms with van der Waals surface area (Å²) in [5, 5.41) is 0.989. The van der Waals surface area contributed by atoms with Crippen molar-refractivity contribution in [3.63, 3.8) is 0 Å². The highest BCUT2D eigenvalue weighted by atomic mass is 79.9. The Kier molecular flexibility index (Phi) is 6.18. The van der Waals surface area contributed by atoms with Crippen LogP contribution in [0.5, 0.6) is 5.75 Å². The van der Waals surface area contributed by atoms with E-state index in [0.717, 1.165) is 21.1 Å². The van der Waals surface area contributed by atoms with E-state index in [1.807, 2.05) is 53.2 Å². The molecular formula is C25H20BrNO4. The lowest BCUT2D eigenvalue weighted by atomic mass is 10.1. The average molecular weight is 478 g/mol. The van der Waals surface area contributed by atoms with Gasteiger partial charge in [-0.1, -0.05) is 52.3 Å². The maximum atomic E-state index is 13.0. The fourth-order valence-corrected chi connectivity index (χ4v) is 3.99. The van der Waals surface area contributed by atoms with Crippen molar-refractivity contribution < 1.29 is 19.1 Å². The predicted molar refractivity (Wildman–Crippen MR) is 123 cm³/mol. The molecule has 0 saturated heterocycles. The average Bonchev–Trinajstić information content (AvgIpc) is 3.20. The number of hydrogen-bond acceptors (Lipinski definition) is 4. The van der Waals surface area contributed by atoms with Gasteiger partial charge in [0, 0.05) is 27.3 Å². The van der Waals surface area contributed by atoms with Crippen molar-refractivity contribution in [2.45, 2.75) is 13.3 Å². The summed E-state index contributed by atoms with van der Waals surface area (Å²) in [5.74, 6) is -0.522. The minimum atomic E-state index is -0.500. The third kappa shape index (κ3) is 4.54. The standard InChI is InChI=1S/C25H20BrNO4/c1-2-30-24(28)16-17-8-6-7-11-23(17)31-25(29)18-14-21(26)20-12-13-27(22(20)15-18)19-9-4-3-5-10-19/h3-15H,2,16H2,1H3. The quantitative estimate of drug-likeness (QED) is 0.263. The summed E-state index contributed by atoms with van der Waals surface area (Å²) in [7, 11) is 0. The molecule has 4 aromatic rings. The molecule has 0 amide bonds. The SMILES string of the molecule is CCOC(=O)Cc1ccccc1OC(=O)c1cc(Br)c2ccn(-c3ccccc3)c2c1. The van der Waals surface area contributed by atoms with Crippen LogP contribution in [0, 0.1) is 0 Å². The Bertz CT molecular complexity index is 1250. The summed E-state index contributed by atoms with van der Waals surface area (Å²) in [5.41, 5.74) is 2.88. The smallest absolute Gasteiger partial charge is 0.343 e. The van der Waals surface area contributed by atoms with Crippen LogP contribution >= 0.6 is 15.9 Å². The zero-order chi connectivity index (χ0) is 21.8. The van der Waals surface area contributed by atoms with Crippen LogP contribution in [-0.4, -0.2) is 23.1 Å². The molecule has 0 fully saturated rings. The molecule has 0 radical (unpaired) electrons. The zero-order valence-electron chi connectivity index (χ0n) is 16.9. The Balaban J connectivity index is 1.66. The van der Waals surface area contributed by atoms with Crippen LogP contribution in [0.2, 0.25) is 0 Å². The Hall–Kier alpha value is -3.38. The monoisotopic (exact) mass is 477 g/mol. The molecule has 1 heterocycles. The van der Waals surface area contributed by atoms with Gasteiger partial charge in [0.25, 0.3) is 0 Å². The summed E-state index contributed by atoms with van der Waals surface area (Å²) in [4.78, 5) is 24.9. The second-order valence-electron chi connectivity index (χ2n) is 6.89. The highest BCUT2D eigenvalue weighted by Crippen LogP contribution is 2.30. The maximum Gasteiger partial charge on any atom is 0.343 e. The first-order valence-corrected chi connectivity index (χ1v) is 10.7. The summed E-state index contributed by atoms with van der Waals surface area (Å²) in [6.45, 7) is 2.05. The molecule has 5 nitrogen and oxygen atoms in total. The van der Waals surface area contributed by atoms with Crippen LogP contribution in [0.4, 0.5) is 0 Å². The van der Waals surface area contributed by atoms with Gasteiger partial charge in [-0.3, -0.25) is 4.79 Å². The third-order valence-corrected chi connectivity index (χ3v) is 5.50. The summed E-state index contributed by atoms with van der Waals surface area (Å²) >= 11 is 3.57. The first-order chi connectivity index (χ1) is 15.1. The molecule has 0 aliphatic rings. The Morgan fingerprint density at radius 3 is 2.48 bits per heavy atom. The van der Waals surface area contributed by atoms with Gasteiger partial charge >= 0.3 is 11.9 Å². The third-order valence-electron chi connectivity index (χ3n) is 4.84. The number of nitrogens with zero attached hydrogens (tertiary/aromatic N) is 1. The van der Waals surface area contributed by atoms with Crippen LogP contribution < -0.4 is 4.74 Å². The van der Waals surface area contributed by atoms with Gasteiger partial charge in [-0.15, -0.1) is 0 Å². The highest BCUT2D eigenvalue weighted by Gasteiger charge is 2.17. The second-order valence-corrected chi connectivity index (χ2v) is 7.75. The fourth-order valence-electron chi connectivity index (χ4n) is 3.40. The normalized spacial score (nSPS) is 10.8. The number of carbonyl (C=O) groups is 2. The Morgan fingerprint density at radius 2 is 1.71 bits per heavy atom. The van der Waals surface area contributed by atoms with Crippen molar-refractivity contribution in [2.75, 3.05) is 6.61 Å². The maximum absolute atomic E-state index is 13.0. The molecule has 0 N–H and O–H groups in total. The van der Waals surface area contributed by atoms with Gasteiger partial charge in [-0.25, -0.2) is 4.79 Å². The molecule has 0 spiro atoms. The lowest BCUT2D eigenvalue weighted by Crippen LogP contribution is -2.13. The van der Waals surface area contributed by atoms with E-state index in [0.29, 0.717) is 23.5 Å². The van der Waals surface area contributed by atoms with Gasteiger partial charge in [-0.05, 0) is 43.3 Å². The molecule has 0 unspecified atom stereocenters. The molecule has 0 aliphatic heterocycles. The van der Waals surface area contributed by atoms with E-state index in [4.69, 9.17) is 9.47 Å². The summed E-state index contributed by atoms with van der Waals surface area (Å²) in [6, 6.07) is 22.4. The number of esters is 2. The van der Waals surface area contributed by atoms with Crippen LogP contribution in [0.25, 0.3) is 16.6 Å². The van der Waals surface area contributed by atoms with Crippen molar-refractivity contribution in [3.05, 3.63) is 94.6 Å². The van der Waals surface area contributed by atoms with Crippen molar-refractivity contribution in [2.24, 2.45) is 0 Å². The number of halogens is 1. The molecule has 156 valence electrons. The molecule has 0 saturated carbocycles. The largest absolute Gasteiger partial charge is 0.466 e. The Morgan fingerprint density at radius 1 is 0.968 bits per heavy atom. The van der Waals surface area contributed by atoms with Crippen molar-refractivity contribution in [1.82, 2.24) is 4.57 Å². The van der Waals surface area contributed by atoms with Crippen LogP contribution in [0.3, 0.4) is 0 Å². The second kappa shape index (κ2) is 9.18. The molecule has 0 bridgehead atoms. The van der Waals surface area contributed by atoms with Gasteiger partial charge in [0.05, 0.1) is 24.1 Å². The topological polar surface area (TPSA) is 57.5 Å². The lowest BCUT2D eigenvalue weighted by Gasteiger charge is -2.11. The highest BCUT2D eigenvalue weighted by molar-refractivity contribution is 9.10. The zero-order valence-corrected chi connectivity index (χ0v) is 18.5. The van der Waals surface area contributed by atoms with Gasteiger partial charge in [0.1, 0.15) is 5.75 Å². The van der Waals surface area contributed by atoms with Crippen molar-refractivity contribution >= 4 is 38.8 Å². The van der Waals surface area contributed by atoms with E-state index in [9.17, 15) is 9.59 Å². The minimum absolute atomic E-state index is 0.0386. The summed E-state index contributed by atoms with van der Waals surface area (Å²) < 4.78 is 13.5. The number of fused-ring (bicyclic) bond motifs is 1. The number of aromatic nitrogens is 1. The molecule has 1 aromatic heterocycles. The van der Waals surface area contributed by atoms with Crippen molar-refractivity contribution in [3.8, 4) is 11.4 Å². The molecule has 3 aromatic carbocycles. The summed E-state index contributed by atoms with van der Waals surface area (Å²) in [6.07, 6.45) is 2.01. The minimum Gasteiger partial charge on any atom is -0.466 e. The first-order valence-electron chi connectivity index (χ1n) is 9.88. The number of hydrogen-bond donors (Lipinski definition) is 0. The molecule has 6 heteroatoms. The number of rotatable bonds is 6. The van der Waals surface area contributed by atoms with E-state index >= 15 is 0 Å². The molecule has 31 heavy (non-hydrogen) atoms. The van der Waals surface area contributed by atoms with E-state index < -0.39 is 5.97 Å². The van der Waals surface area contributed by atoms with Gasteiger partial charge in [-0.2, -0.15) is 0 Å². The van der Waals surface area contributed by atoms with E-state index in [1.165, 1.54) is 0 Å². The van der Waals surface area contributed by atoms with Crippen LogP contribution in [-0.2, 0) is 16.0 Å². The van der Waals surface area contributed by atoms with Gasteiger partial charge < -0.3 is 14.0 Å². The number of carbonyl (C=O) groups excluding carboxylic acids is 2. The molecular weight excluding hydrogens is 458 g/mol. The van der Waals surface area contributed by atoms with E-state index in [2.05, 4.69) is 15.9 Å². The number of ether oxygens (including phenoxy) is 2. The molecule has 4 rings (SSSR count). The predicted octanol–water partition coefficient (Wildman–Crippen LogP) is 5.72. The first kappa shape index (κ1) is 20.9. The van der Waals surface area contributed by atoms with Crippen LogP contribution in [0.15, 0.2) is 83.5 Å². The van der Waals surface area contributed by atoms with Gasteiger partial charge in [0.15, 0.2) is 0 Å². The lowest BCUT2D eigenvalue weighted by molar-refractivity contribution is -0.142. The Labute approximate surface area is 188 Å². The number of benzene rings is 3. The van der Waals surface area contributed by atoms with Crippen LogP contribution in [0.1, 0.15) is 22.8 Å². The van der Waals surface area contributed by atoms with Gasteiger partial charge in [0.2, 0.25) is 0 Å². The molecule has 0 atom stereocenters.